The maximum atomic E-state index is 10.6. The first-order valence-electron chi connectivity index (χ1n) is 5.65. The van der Waals surface area contributed by atoms with E-state index in [4.69, 9.17) is 12.2 Å². The van der Waals surface area contributed by atoms with Gasteiger partial charge in [0.1, 0.15) is 0 Å². The molecule has 3 heterocycles. The van der Waals surface area contributed by atoms with Crippen molar-refractivity contribution in [2.75, 3.05) is 0 Å². The zero-order chi connectivity index (χ0) is 14.8. The standard InChI is InChI=1S/C11H7N5O2S3/c17-16(18)9-4-3-7(21-9)6-12-15-10(13-14-11(15)19)8-2-1-5-20-8/h1-6H,(H,14,19)/b12-6-. The Labute approximate surface area is 131 Å². The molecule has 0 aromatic carbocycles. The molecule has 0 fully saturated rings. The smallest absolute Gasteiger partial charge is 0.258 e. The van der Waals surface area contributed by atoms with Crippen LogP contribution in [0.5, 0.6) is 0 Å². The van der Waals surface area contributed by atoms with Crippen molar-refractivity contribution >= 4 is 46.1 Å². The third kappa shape index (κ3) is 2.82. The Hall–Kier alpha value is -2.17. The fraction of sp³-hybridized carbons (Fsp3) is 0. The van der Waals surface area contributed by atoms with Gasteiger partial charge in [-0.3, -0.25) is 10.1 Å². The van der Waals surface area contributed by atoms with Gasteiger partial charge in [0.15, 0.2) is 5.82 Å². The van der Waals surface area contributed by atoms with E-state index in [-0.39, 0.29) is 5.00 Å². The van der Waals surface area contributed by atoms with Crippen LogP contribution in [0.4, 0.5) is 5.00 Å². The summed E-state index contributed by atoms with van der Waals surface area (Å²) in [6.45, 7) is 0. The molecule has 3 rings (SSSR count). The first-order chi connectivity index (χ1) is 10.1. The van der Waals surface area contributed by atoms with E-state index in [1.54, 1.807) is 6.07 Å². The van der Waals surface area contributed by atoms with Crippen molar-refractivity contribution in [1.29, 1.82) is 0 Å². The highest BCUT2D eigenvalue weighted by atomic mass is 32.1. The maximum absolute atomic E-state index is 10.6. The van der Waals surface area contributed by atoms with Gasteiger partial charge >= 0.3 is 5.00 Å². The van der Waals surface area contributed by atoms with Gasteiger partial charge < -0.3 is 0 Å². The lowest BCUT2D eigenvalue weighted by Crippen LogP contribution is -1.92. The van der Waals surface area contributed by atoms with E-state index in [9.17, 15) is 10.1 Å². The van der Waals surface area contributed by atoms with Crippen LogP contribution < -0.4 is 0 Å². The Kier molecular flexibility index (Phi) is 3.73. The second kappa shape index (κ2) is 5.68. The molecule has 0 spiro atoms. The molecule has 0 saturated heterocycles. The highest BCUT2D eigenvalue weighted by molar-refractivity contribution is 7.71. The number of nitrogens with one attached hydrogen (secondary N) is 1. The molecule has 106 valence electrons. The SMILES string of the molecule is O=[N+]([O-])c1ccc(/C=N\n2c(-c3cccs3)n[nH]c2=S)s1. The van der Waals surface area contributed by atoms with Crippen LogP contribution in [0.2, 0.25) is 0 Å². The number of aromatic amines is 1. The van der Waals surface area contributed by atoms with Crippen molar-refractivity contribution in [3.63, 3.8) is 0 Å². The van der Waals surface area contributed by atoms with Crippen LogP contribution in [0.3, 0.4) is 0 Å². The molecule has 3 aromatic rings. The molecule has 0 radical (unpaired) electrons. The molecule has 0 bridgehead atoms. The van der Waals surface area contributed by atoms with Gasteiger partial charge in [-0.25, -0.2) is 5.10 Å². The second-order valence-corrected chi connectivity index (χ2v) is 6.25. The third-order valence-electron chi connectivity index (χ3n) is 2.48. The minimum atomic E-state index is -0.428. The number of aromatic nitrogens is 3. The lowest BCUT2D eigenvalue weighted by molar-refractivity contribution is -0.380. The van der Waals surface area contributed by atoms with Crippen molar-refractivity contribution in [2.24, 2.45) is 5.10 Å². The van der Waals surface area contributed by atoms with Gasteiger partial charge in [0.05, 0.1) is 20.9 Å². The molecule has 1 N–H and O–H groups in total. The van der Waals surface area contributed by atoms with E-state index in [0.717, 1.165) is 16.2 Å². The number of H-pyrrole nitrogens is 1. The Morgan fingerprint density at radius 1 is 1.48 bits per heavy atom. The zero-order valence-electron chi connectivity index (χ0n) is 10.3. The number of hydrogen-bond acceptors (Lipinski definition) is 7. The normalized spacial score (nSPS) is 11.2. The Morgan fingerprint density at radius 2 is 2.33 bits per heavy atom. The van der Waals surface area contributed by atoms with E-state index in [2.05, 4.69) is 15.3 Å². The van der Waals surface area contributed by atoms with Crippen molar-refractivity contribution in [3.8, 4) is 10.7 Å². The number of hydrogen-bond donors (Lipinski definition) is 1. The predicted molar refractivity (Wildman–Crippen MR) is 84.7 cm³/mol. The highest BCUT2D eigenvalue weighted by Crippen LogP contribution is 2.24. The summed E-state index contributed by atoms with van der Waals surface area (Å²) in [7, 11) is 0. The lowest BCUT2D eigenvalue weighted by Gasteiger charge is -1.96. The summed E-state index contributed by atoms with van der Waals surface area (Å²) < 4.78 is 1.85. The molecule has 0 aliphatic rings. The fourth-order valence-electron chi connectivity index (χ4n) is 1.59. The molecule has 3 aromatic heterocycles. The molecule has 0 atom stereocenters. The molecular formula is C11H7N5O2S3. The first kappa shape index (κ1) is 13.8. The van der Waals surface area contributed by atoms with E-state index in [1.807, 2.05) is 17.5 Å². The molecule has 10 heteroatoms. The van der Waals surface area contributed by atoms with Crippen LogP contribution in [-0.4, -0.2) is 26.0 Å². The summed E-state index contributed by atoms with van der Waals surface area (Å²) >= 11 is 7.71. The van der Waals surface area contributed by atoms with Crippen molar-refractivity contribution in [2.45, 2.75) is 0 Å². The largest absolute Gasteiger partial charge is 0.324 e. The maximum Gasteiger partial charge on any atom is 0.324 e. The molecular weight excluding hydrogens is 330 g/mol. The summed E-state index contributed by atoms with van der Waals surface area (Å²) in [5, 5.41) is 23.7. The van der Waals surface area contributed by atoms with Crippen LogP contribution in [0.15, 0.2) is 34.7 Å². The van der Waals surface area contributed by atoms with Gasteiger partial charge in [-0.05, 0) is 29.7 Å². The zero-order valence-corrected chi connectivity index (χ0v) is 12.7. The van der Waals surface area contributed by atoms with Gasteiger partial charge in [0.25, 0.3) is 0 Å². The van der Waals surface area contributed by atoms with Crippen LogP contribution in [0.25, 0.3) is 10.7 Å². The number of nitro groups is 1. The summed E-state index contributed by atoms with van der Waals surface area (Å²) in [6, 6.07) is 6.91. The summed E-state index contributed by atoms with van der Waals surface area (Å²) in [5.41, 5.74) is 0. The Morgan fingerprint density at radius 3 is 3.00 bits per heavy atom. The summed E-state index contributed by atoms with van der Waals surface area (Å²) in [5.74, 6) is 0.609. The summed E-state index contributed by atoms with van der Waals surface area (Å²) in [4.78, 5) is 11.8. The molecule has 0 amide bonds. The van der Waals surface area contributed by atoms with E-state index in [0.29, 0.717) is 15.5 Å². The quantitative estimate of drug-likeness (QED) is 0.341. The Balaban J connectivity index is 1.94. The minimum Gasteiger partial charge on any atom is -0.258 e. The topological polar surface area (TPSA) is 89.1 Å². The van der Waals surface area contributed by atoms with Gasteiger partial charge in [-0.2, -0.15) is 14.9 Å². The van der Waals surface area contributed by atoms with Crippen LogP contribution in [-0.2, 0) is 0 Å². The van der Waals surface area contributed by atoms with E-state index >= 15 is 0 Å². The minimum absolute atomic E-state index is 0.0747. The molecule has 7 nitrogen and oxygen atoms in total. The number of nitrogens with zero attached hydrogens (tertiary/aromatic N) is 4. The fourth-order valence-corrected chi connectivity index (χ4v) is 3.15. The van der Waals surface area contributed by atoms with Gasteiger partial charge in [0, 0.05) is 6.07 Å². The molecule has 0 unspecified atom stereocenters. The third-order valence-corrected chi connectivity index (χ3v) is 4.59. The molecule has 0 saturated carbocycles. The number of thiophene rings is 2. The van der Waals surface area contributed by atoms with Crippen molar-refractivity contribution in [1.82, 2.24) is 14.9 Å². The molecule has 0 aliphatic heterocycles. The molecule has 0 aliphatic carbocycles. The van der Waals surface area contributed by atoms with Crippen molar-refractivity contribution in [3.05, 3.63) is 49.4 Å². The highest BCUT2D eigenvalue weighted by Gasteiger charge is 2.10. The lowest BCUT2D eigenvalue weighted by atomic mass is 10.4. The van der Waals surface area contributed by atoms with Crippen LogP contribution in [0, 0.1) is 14.9 Å². The van der Waals surface area contributed by atoms with Gasteiger partial charge in [0.2, 0.25) is 4.77 Å². The monoisotopic (exact) mass is 337 g/mol. The number of rotatable bonds is 4. The average molecular weight is 337 g/mol. The second-order valence-electron chi connectivity index (χ2n) is 3.82. The average Bonchev–Trinajstić information content (AvgIpc) is 3.17. The van der Waals surface area contributed by atoms with E-state index in [1.165, 1.54) is 28.3 Å². The first-order valence-corrected chi connectivity index (χ1v) is 7.75. The Bertz CT molecular complexity index is 859. The van der Waals surface area contributed by atoms with Gasteiger partial charge in [-0.15, -0.1) is 11.3 Å². The summed E-state index contributed by atoms with van der Waals surface area (Å²) in [6.07, 6.45) is 1.53. The van der Waals surface area contributed by atoms with Crippen LogP contribution in [0.1, 0.15) is 4.88 Å². The van der Waals surface area contributed by atoms with Gasteiger partial charge in [-0.1, -0.05) is 17.4 Å². The van der Waals surface area contributed by atoms with Crippen molar-refractivity contribution < 1.29 is 4.92 Å². The molecule has 21 heavy (non-hydrogen) atoms. The predicted octanol–water partition coefficient (Wildman–Crippen LogP) is 3.52. The van der Waals surface area contributed by atoms with E-state index < -0.39 is 4.92 Å². The van der Waals surface area contributed by atoms with Crippen LogP contribution >= 0.6 is 34.9 Å².